The van der Waals surface area contributed by atoms with Gasteiger partial charge in [0.2, 0.25) is 5.91 Å². The number of aliphatic hydroxyl groups excluding tert-OH is 1. The molecule has 3 amide bonds. The molecule has 4 aliphatic heterocycles. The number of ether oxygens (including phenoxy) is 1. The fourth-order valence-corrected chi connectivity index (χ4v) is 9.14. The van der Waals surface area contributed by atoms with Crippen LogP contribution in [0.5, 0.6) is 0 Å². The zero-order chi connectivity index (χ0) is 34.2. The minimum atomic E-state index is -1.52. The number of carbonyl (C=O) groups excluding carboxylic acids is 3. The number of likely N-dealkylation sites (tertiary alicyclic amines) is 1. The summed E-state index contributed by atoms with van der Waals surface area (Å²) < 4.78 is 6.97. The van der Waals surface area contributed by atoms with Gasteiger partial charge in [-0.15, -0.1) is 0 Å². The molecular formula is C40H41N3O6. The van der Waals surface area contributed by atoms with Gasteiger partial charge in [-0.25, -0.2) is 0 Å². The van der Waals surface area contributed by atoms with Crippen LogP contribution < -0.4 is 9.80 Å². The second-order valence-corrected chi connectivity index (χ2v) is 14.5. The van der Waals surface area contributed by atoms with E-state index in [2.05, 4.69) is 0 Å². The maximum Gasteiger partial charge on any atom is 0.264 e. The molecule has 2 fully saturated rings. The van der Waals surface area contributed by atoms with E-state index < -0.39 is 29.1 Å². The zero-order valence-electron chi connectivity index (χ0n) is 28.0. The molecule has 4 heterocycles. The lowest BCUT2D eigenvalue weighted by molar-refractivity contribution is -0.150. The van der Waals surface area contributed by atoms with E-state index >= 15 is 0 Å². The van der Waals surface area contributed by atoms with Crippen LogP contribution in [0.4, 0.5) is 17.1 Å². The van der Waals surface area contributed by atoms with Gasteiger partial charge in [-0.2, -0.15) is 0 Å². The third kappa shape index (κ3) is 4.74. The Kier molecular flexibility index (Phi) is 7.44. The van der Waals surface area contributed by atoms with Crippen LogP contribution in [0.25, 0.3) is 10.8 Å². The molecule has 0 aromatic heterocycles. The quantitative estimate of drug-likeness (QED) is 0.265. The molecule has 252 valence electrons. The Balaban J connectivity index is 1.25. The molecule has 0 bridgehead atoms. The molecule has 4 aromatic rings. The number of rotatable bonds is 7. The Morgan fingerprint density at radius 3 is 2.47 bits per heavy atom. The molecule has 49 heavy (non-hydrogen) atoms. The molecule has 9 nitrogen and oxygen atoms in total. The van der Waals surface area contributed by atoms with Crippen LogP contribution in [0.2, 0.25) is 0 Å². The first kappa shape index (κ1) is 31.7. The van der Waals surface area contributed by atoms with Crippen LogP contribution >= 0.6 is 0 Å². The Labute approximate surface area is 285 Å². The van der Waals surface area contributed by atoms with Gasteiger partial charge in [0.05, 0.1) is 54.3 Å². The number of hydrogen-bond acceptors (Lipinski definition) is 6. The summed E-state index contributed by atoms with van der Waals surface area (Å²) in [5.74, 6) is -1.67. The highest BCUT2D eigenvalue weighted by Gasteiger charge is 2.66. The first-order valence-corrected chi connectivity index (χ1v) is 17.2. The van der Waals surface area contributed by atoms with Crippen molar-refractivity contribution in [3.05, 3.63) is 102 Å². The van der Waals surface area contributed by atoms with Gasteiger partial charge < -0.3 is 24.7 Å². The molecule has 0 unspecified atom stereocenters. The standard InChI is InChI=1S/C40H41N3O6/c1-24-36(39(2,3)48)33(21-34(45)41-19-9-14-28(41)23-44)49-40(24)30-20-27(17-18-31(30)42(38(40)47)22-25-10-5-4-6-11-25)43-32-16-8-13-26-12-7-15-29(35(26)32)37(43)46/h4-8,10-13,15-18,20,24,28,33,36,44,48H,9,14,19,21-23H2,1-3H3/t24-,28-,33+,36-,40+/m0/s1. The second kappa shape index (κ2) is 11.5. The predicted molar refractivity (Wildman–Crippen MR) is 186 cm³/mol. The molecule has 5 atom stereocenters. The highest BCUT2D eigenvalue weighted by molar-refractivity contribution is 6.28. The summed E-state index contributed by atoms with van der Waals surface area (Å²) in [4.78, 5) is 47.9. The van der Waals surface area contributed by atoms with Gasteiger partial charge in [0, 0.05) is 35.0 Å². The van der Waals surface area contributed by atoms with Crippen molar-refractivity contribution >= 4 is 45.6 Å². The molecular weight excluding hydrogens is 618 g/mol. The number of anilines is 3. The van der Waals surface area contributed by atoms with Crippen molar-refractivity contribution in [2.24, 2.45) is 11.8 Å². The number of aliphatic hydroxyl groups is 2. The van der Waals surface area contributed by atoms with Gasteiger partial charge in [0.25, 0.3) is 11.8 Å². The first-order valence-electron chi connectivity index (χ1n) is 17.2. The fourth-order valence-electron chi connectivity index (χ4n) is 9.14. The maximum absolute atomic E-state index is 15.0. The van der Waals surface area contributed by atoms with Gasteiger partial charge in [-0.05, 0) is 68.0 Å². The molecule has 9 heteroatoms. The zero-order valence-corrected chi connectivity index (χ0v) is 28.0. The molecule has 0 aliphatic carbocycles. The number of benzene rings is 4. The summed E-state index contributed by atoms with van der Waals surface area (Å²) in [6.07, 6.45) is 0.748. The number of amides is 3. The molecule has 4 aliphatic rings. The van der Waals surface area contributed by atoms with Crippen molar-refractivity contribution in [3.8, 4) is 0 Å². The van der Waals surface area contributed by atoms with Crippen molar-refractivity contribution in [2.45, 2.75) is 69.9 Å². The molecule has 0 saturated carbocycles. The highest BCUT2D eigenvalue weighted by atomic mass is 16.5. The Morgan fingerprint density at radius 1 is 0.980 bits per heavy atom. The van der Waals surface area contributed by atoms with Crippen molar-refractivity contribution in [2.75, 3.05) is 23.0 Å². The smallest absolute Gasteiger partial charge is 0.264 e. The highest BCUT2D eigenvalue weighted by Crippen LogP contribution is 2.59. The van der Waals surface area contributed by atoms with Crippen molar-refractivity contribution in [1.29, 1.82) is 0 Å². The molecule has 8 rings (SSSR count). The Bertz CT molecular complexity index is 1980. The van der Waals surface area contributed by atoms with Gasteiger partial charge in [0.15, 0.2) is 5.60 Å². The van der Waals surface area contributed by atoms with Gasteiger partial charge in [-0.1, -0.05) is 61.5 Å². The normalized spacial score (nSPS) is 26.1. The van der Waals surface area contributed by atoms with E-state index in [-0.39, 0.29) is 36.8 Å². The Hall–Kier alpha value is -4.57. The van der Waals surface area contributed by atoms with Gasteiger partial charge >= 0.3 is 0 Å². The third-order valence-electron chi connectivity index (χ3n) is 11.3. The van der Waals surface area contributed by atoms with Crippen LogP contribution in [-0.2, 0) is 26.5 Å². The average molecular weight is 660 g/mol. The van der Waals surface area contributed by atoms with E-state index in [9.17, 15) is 24.6 Å². The van der Waals surface area contributed by atoms with E-state index in [1.165, 1.54) is 0 Å². The molecule has 1 spiro atoms. The maximum atomic E-state index is 15.0. The van der Waals surface area contributed by atoms with Crippen LogP contribution in [0, 0.1) is 11.8 Å². The summed E-state index contributed by atoms with van der Waals surface area (Å²) in [6.45, 7) is 6.10. The van der Waals surface area contributed by atoms with Crippen molar-refractivity contribution in [1.82, 2.24) is 4.90 Å². The summed E-state index contributed by atoms with van der Waals surface area (Å²) in [5.41, 5.74) is 1.45. The predicted octanol–water partition coefficient (Wildman–Crippen LogP) is 5.67. The molecule has 2 saturated heterocycles. The minimum Gasteiger partial charge on any atom is -0.394 e. The third-order valence-corrected chi connectivity index (χ3v) is 11.3. The fraction of sp³-hybridized carbons (Fsp3) is 0.375. The topological polar surface area (TPSA) is 111 Å². The Morgan fingerprint density at radius 2 is 1.73 bits per heavy atom. The van der Waals surface area contributed by atoms with E-state index in [0.29, 0.717) is 35.6 Å². The van der Waals surface area contributed by atoms with E-state index in [0.717, 1.165) is 34.9 Å². The van der Waals surface area contributed by atoms with E-state index in [1.54, 1.807) is 28.5 Å². The van der Waals surface area contributed by atoms with E-state index in [4.69, 9.17) is 4.74 Å². The van der Waals surface area contributed by atoms with Crippen LogP contribution in [-0.4, -0.2) is 63.7 Å². The van der Waals surface area contributed by atoms with Gasteiger partial charge in [-0.3, -0.25) is 19.3 Å². The average Bonchev–Trinajstić information content (AvgIpc) is 3.82. The van der Waals surface area contributed by atoms with Crippen LogP contribution in [0.3, 0.4) is 0 Å². The molecule has 0 radical (unpaired) electrons. The largest absolute Gasteiger partial charge is 0.394 e. The summed E-state index contributed by atoms with van der Waals surface area (Å²) >= 11 is 0. The number of nitrogens with zero attached hydrogens (tertiary/aromatic N) is 3. The van der Waals surface area contributed by atoms with Crippen molar-refractivity contribution in [3.63, 3.8) is 0 Å². The summed E-state index contributed by atoms with van der Waals surface area (Å²) in [5, 5.41) is 23.4. The summed E-state index contributed by atoms with van der Waals surface area (Å²) in [6, 6.07) is 26.8. The number of hydrogen-bond donors (Lipinski definition) is 2. The minimum absolute atomic E-state index is 0.0276. The van der Waals surface area contributed by atoms with Crippen molar-refractivity contribution < 1.29 is 29.3 Å². The molecule has 2 N–H and O–H groups in total. The lowest BCUT2D eigenvalue weighted by Gasteiger charge is -2.34. The molecule has 4 aromatic carbocycles. The first-order chi connectivity index (χ1) is 23.5. The lowest BCUT2D eigenvalue weighted by atomic mass is 9.70. The van der Waals surface area contributed by atoms with Gasteiger partial charge in [0.1, 0.15) is 0 Å². The SMILES string of the molecule is C[C@H]1[C@H](C(C)(C)O)[C@@H](CC(=O)N2CCC[C@H]2CO)O[C@]12C(=O)N(Cc1ccccc1)c1ccc(N3C(=O)c4cccc5cccc3c45)cc12. The number of fused-ring (bicyclic) bond motifs is 2. The second-order valence-electron chi connectivity index (χ2n) is 14.5. The summed E-state index contributed by atoms with van der Waals surface area (Å²) in [7, 11) is 0. The van der Waals surface area contributed by atoms with E-state index in [1.807, 2.05) is 91.9 Å². The lowest BCUT2D eigenvalue weighted by Crippen LogP contribution is -2.46. The monoisotopic (exact) mass is 659 g/mol. The van der Waals surface area contributed by atoms with Crippen LogP contribution in [0.1, 0.15) is 61.5 Å². The van der Waals surface area contributed by atoms with Crippen LogP contribution in [0.15, 0.2) is 84.9 Å². The number of carbonyl (C=O) groups is 3.